The largest absolute Gasteiger partial charge is 0.265 e. The maximum absolute atomic E-state index is 6.56. The van der Waals surface area contributed by atoms with Crippen LogP contribution in [0.5, 0.6) is 0 Å². The van der Waals surface area contributed by atoms with Gasteiger partial charge in [-0.1, -0.05) is 72.3 Å². The number of fused-ring (bicyclic) bond motifs is 4. The highest BCUT2D eigenvalue weighted by Crippen LogP contribution is 2.57. The predicted octanol–water partition coefficient (Wildman–Crippen LogP) is 7.25. The number of rotatable bonds is 2. The molecule has 0 bridgehead atoms. The topological polar surface area (TPSA) is 12.9 Å². The summed E-state index contributed by atoms with van der Waals surface area (Å²) in [4.78, 5) is 4.29. The molecule has 0 N–H and O–H groups in total. The van der Waals surface area contributed by atoms with E-state index < -0.39 is 5.41 Å². The molecule has 0 spiro atoms. The SMILES string of the molecule is Clc1ccc2c(c1)C(c1ccccc1)(c1ccncc1)c1cc3ccccc3cc1-2. The molecule has 2 heteroatoms. The molecule has 142 valence electrons. The molecule has 1 atom stereocenters. The lowest BCUT2D eigenvalue weighted by Gasteiger charge is -2.34. The molecule has 1 heterocycles. The lowest BCUT2D eigenvalue weighted by atomic mass is 9.68. The van der Waals surface area contributed by atoms with E-state index in [9.17, 15) is 0 Å². The summed E-state index contributed by atoms with van der Waals surface area (Å²) in [5.41, 5.74) is 6.99. The van der Waals surface area contributed by atoms with Crippen LogP contribution >= 0.6 is 11.6 Å². The molecule has 30 heavy (non-hydrogen) atoms. The summed E-state index contributed by atoms with van der Waals surface area (Å²) >= 11 is 6.56. The van der Waals surface area contributed by atoms with Gasteiger partial charge in [0.25, 0.3) is 0 Å². The van der Waals surface area contributed by atoms with E-state index in [4.69, 9.17) is 11.6 Å². The van der Waals surface area contributed by atoms with Gasteiger partial charge < -0.3 is 0 Å². The van der Waals surface area contributed by atoms with E-state index in [1.807, 2.05) is 18.5 Å². The second-order valence-electron chi connectivity index (χ2n) is 7.79. The highest BCUT2D eigenvalue weighted by molar-refractivity contribution is 6.30. The van der Waals surface area contributed by atoms with Crippen molar-refractivity contribution in [2.75, 3.05) is 0 Å². The fraction of sp³-hybridized carbons (Fsp3) is 0.0357. The lowest BCUT2D eigenvalue weighted by Crippen LogP contribution is -2.28. The zero-order chi connectivity index (χ0) is 20.1. The highest BCUT2D eigenvalue weighted by Gasteiger charge is 2.46. The van der Waals surface area contributed by atoms with Gasteiger partial charge in [0, 0.05) is 17.4 Å². The van der Waals surface area contributed by atoms with Gasteiger partial charge in [-0.15, -0.1) is 0 Å². The molecule has 5 aromatic rings. The summed E-state index contributed by atoms with van der Waals surface area (Å²) in [6.45, 7) is 0. The normalized spacial score (nSPS) is 17.0. The molecule has 0 amide bonds. The Balaban J connectivity index is 1.84. The van der Waals surface area contributed by atoms with Crippen molar-refractivity contribution in [2.45, 2.75) is 5.41 Å². The van der Waals surface area contributed by atoms with Crippen molar-refractivity contribution < 1.29 is 0 Å². The van der Waals surface area contributed by atoms with Gasteiger partial charge in [-0.25, -0.2) is 0 Å². The zero-order valence-electron chi connectivity index (χ0n) is 16.2. The third kappa shape index (κ3) is 2.33. The summed E-state index contributed by atoms with van der Waals surface area (Å²) in [7, 11) is 0. The van der Waals surface area contributed by atoms with Gasteiger partial charge >= 0.3 is 0 Å². The van der Waals surface area contributed by atoms with Crippen LogP contribution in [0.25, 0.3) is 21.9 Å². The Morgan fingerprint density at radius 1 is 0.567 bits per heavy atom. The first kappa shape index (κ1) is 17.4. The Morgan fingerprint density at radius 3 is 1.97 bits per heavy atom. The Kier molecular flexibility index (Phi) is 3.81. The molecule has 0 radical (unpaired) electrons. The minimum Gasteiger partial charge on any atom is -0.265 e. The predicted molar refractivity (Wildman–Crippen MR) is 124 cm³/mol. The third-order valence-electron chi connectivity index (χ3n) is 6.29. The second-order valence-corrected chi connectivity index (χ2v) is 8.22. The molecule has 4 aromatic carbocycles. The number of pyridine rings is 1. The number of nitrogens with zero attached hydrogens (tertiary/aromatic N) is 1. The van der Waals surface area contributed by atoms with Crippen molar-refractivity contribution in [1.29, 1.82) is 0 Å². The Bertz CT molecular complexity index is 1350. The average molecular weight is 404 g/mol. The monoisotopic (exact) mass is 403 g/mol. The first-order valence-electron chi connectivity index (χ1n) is 10.1. The van der Waals surface area contributed by atoms with Crippen LogP contribution in [-0.4, -0.2) is 4.98 Å². The van der Waals surface area contributed by atoms with E-state index in [0.717, 1.165) is 5.02 Å². The Morgan fingerprint density at radius 2 is 1.20 bits per heavy atom. The highest BCUT2D eigenvalue weighted by atomic mass is 35.5. The summed E-state index contributed by atoms with van der Waals surface area (Å²) in [5, 5.41) is 3.24. The molecule has 0 saturated heterocycles. The van der Waals surface area contributed by atoms with Crippen LogP contribution in [0.15, 0.2) is 109 Å². The van der Waals surface area contributed by atoms with Crippen molar-refractivity contribution in [2.24, 2.45) is 0 Å². The van der Waals surface area contributed by atoms with Gasteiger partial charge in [-0.2, -0.15) is 0 Å². The number of benzene rings is 4. The molecule has 1 nitrogen and oxygen atoms in total. The summed E-state index contributed by atoms with van der Waals surface area (Å²) in [6, 6.07) is 34.5. The minimum atomic E-state index is -0.441. The summed E-state index contributed by atoms with van der Waals surface area (Å²) in [6.07, 6.45) is 3.76. The first-order chi connectivity index (χ1) is 14.8. The summed E-state index contributed by atoms with van der Waals surface area (Å²) < 4.78 is 0. The molecule has 1 aliphatic rings. The van der Waals surface area contributed by atoms with E-state index >= 15 is 0 Å². The van der Waals surface area contributed by atoms with Crippen molar-refractivity contribution in [3.8, 4) is 11.1 Å². The van der Waals surface area contributed by atoms with E-state index in [-0.39, 0.29) is 0 Å². The van der Waals surface area contributed by atoms with E-state index in [2.05, 4.69) is 96.0 Å². The van der Waals surface area contributed by atoms with Crippen molar-refractivity contribution >= 4 is 22.4 Å². The number of hydrogen-bond acceptors (Lipinski definition) is 1. The van der Waals surface area contributed by atoms with Crippen LogP contribution in [0.4, 0.5) is 0 Å². The van der Waals surface area contributed by atoms with Crippen LogP contribution in [0, 0.1) is 0 Å². The van der Waals surface area contributed by atoms with Crippen molar-refractivity contribution in [3.63, 3.8) is 0 Å². The van der Waals surface area contributed by atoms with Gasteiger partial charge in [0.2, 0.25) is 0 Å². The van der Waals surface area contributed by atoms with Gasteiger partial charge in [0.15, 0.2) is 0 Å². The lowest BCUT2D eigenvalue weighted by molar-refractivity contribution is 0.767. The zero-order valence-corrected chi connectivity index (χ0v) is 17.0. The van der Waals surface area contributed by atoms with Gasteiger partial charge in [0.1, 0.15) is 0 Å². The second kappa shape index (κ2) is 6.55. The van der Waals surface area contributed by atoms with Crippen molar-refractivity contribution in [1.82, 2.24) is 4.98 Å². The number of hydrogen-bond donors (Lipinski definition) is 0. The molecule has 1 aliphatic carbocycles. The molecule has 1 aromatic heterocycles. The maximum atomic E-state index is 6.56. The molecule has 0 fully saturated rings. The molecular weight excluding hydrogens is 386 g/mol. The smallest absolute Gasteiger partial charge is 0.0715 e. The van der Waals surface area contributed by atoms with Crippen LogP contribution in [0.2, 0.25) is 5.02 Å². The summed E-state index contributed by atoms with van der Waals surface area (Å²) in [5.74, 6) is 0. The Hall–Kier alpha value is -3.42. The quantitative estimate of drug-likeness (QED) is 0.296. The van der Waals surface area contributed by atoms with Crippen LogP contribution in [0.3, 0.4) is 0 Å². The van der Waals surface area contributed by atoms with Crippen LogP contribution < -0.4 is 0 Å². The van der Waals surface area contributed by atoms with Crippen LogP contribution in [0.1, 0.15) is 22.3 Å². The van der Waals surface area contributed by atoms with Gasteiger partial charge in [0.05, 0.1) is 5.41 Å². The molecule has 6 rings (SSSR count). The fourth-order valence-corrected chi connectivity index (χ4v) is 5.23. The molecule has 1 unspecified atom stereocenters. The minimum absolute atomic E-state index is 0.441. The molecular formula is C28H18ClN. The first-order valence-corrected chi connectivity index (χ1v) is 10.5. The van der Waals surface area contributed by atoms with Gasteiger partial charge in [-0.3, -0.25) is 4.98 Å². The van der Waals surface area contributed by atoms with Crippen LogP contribution in [-0.2, 0) is 5.41 Å². The average Bonchev–Trinajstić information content (AvgIpc) is 3.08. The van der Waals surface area contributed by atoms with E-state index in [1.165, 1.54) is 44.2 Å². The third-order valence-corrected chi connectivity index (χ3v) is 6.52. The fourth-order valence-electron chi connectivity index (χ4n) is 5.06. The molecule has 0 aliphatic heterocycles. The standard InChI is InChI=1S/C28H18ClN/c29-23-10-11-24-25-16-19-6-4-5-7-20(19)17-26(25)28(27(24)18-23,21-8-2-1-3-9-21)22-12-14-30-15-13-22/h1-18H. The van der Waals surface area contributed by atoms with E-state index in [1.54, 1.807) is 0 Å². The Labute approximate surface area is 180 Å². The molecule has 0 saturated carbocycles. The maximum Gasteiger partial charge on any atom is 0.0715 e. The van der Waals surface area contributed by atoms with Gasteiger partial charge in [-0.05, 0) is 80.6 Å². The van der Waals surface area contributed by atoms with Crippen molar-refractivity contribution in [3.05, 3.63) is 137 Å². The number of aromatic nitrogens is 1. The van der Waals surface area contributed by atoms with E-state index in [0.29, 0.717) is 0 Å². The number of halogens is 1.